The van der Waals surface area contributed by atoms with Gasteiger partial charge in [-0.1, -0.05) is 12.1 Å². The molecule has 88 valence electrons. The van der Waals surface area contributed by atoms with Crippen LogP contribution in [0.3, 0.4) is 0 Å². The standard InChI is InChI=1S/C12H18N2O2/c1-2-16-11-5-3-10(4-6-11)7-8-14-12(15)9-13/h3-6H,2,7-9,13H2,1H3,(H,14,15). The van der Waals surface area contributed by atoms with Crippen LogP contribution in [0, 0.1) is 0 Å². The number of amides is 1. The molecule has 0 heterocycles. The number of benzene rings is 1. The maximum atomic E-state index is 10.9. The summed E-state index contributed by atoms with van der Waals surface area (Å²) in [7, 11) is 0. The van der Waals surface area contributed by atoms with Crippen LogP contribution < -0.4 is 15.8 Å². The van der Waals surface area contributed by atoms with Crippen molar-refractivity contribution in [3.63, 3.8) is 0 Å². The van der Waals surface area contributed by atoms with Crippen LogP contribution in [-0.4, -0.2) is 25.6 Å². The third-order valence-electron chi connectivity index (χ3n) is 2.16. The minimum Gasteiger partial charge on any atom is -0.494 e. The number of nitrogens with one attached hydrogen (secondary N) is 1. The van der Waals surface area contributed by atoms with E-state index in [1.54, 1.807) is 0 Å². The van der Waals surface area contributed by atoms with Gasteiger partial charge in [0.05, 0.1) is 13.2 Å². The summed E-state index contributed by atoms with van der Waals surface area (Å²) in [5, 5.41) is 2.73. The summed E-state index contributed by atoms with van der Waals surface area (Å²) < 4.78 is 5.33. The van der Waals surface area contributed by atoms with Gasteiger partial charge < -0.3 is 15.8 Å². The molecule has 0 unspecified atom stereocenters. The fraction of sp³-hybridized carbons (Fsp3) is 0.417. The number of hydrogen-bond acceptors (Lipinski definition) is 3. The van der Waals surface area contributed by atoms with Crippen molar-refractivity contribution in [2.45, 2.75) is 13.3 Å². The van der Waals surface area contributed by atoms with Crippen molar-refractivity contribution in [1.29, 1.82) is 0 Å². The van der Waals surface area contributed by atoms with E-state index in [0.717, 1.165) is 12.2 Å². The molecule has 0 aliphatic rings. The summed E-state index contributed by atoms with van der Waals surface area (Å²) in [5.41, 5.74) is 6.34. The predicted molar refractivity (Wildman–Crippen MR) is 63.4 cm³/mol. The van der Waals surface area contributed by atoms with E-state index in [0.29, 0.717) is 13.2 Å². The topological polar surface area (TPSA) is 64.3 Å². The molecule has 0 saturated carbocycles. The molecule has 3 N–H and O–H groups in total. The van der Waals surface area contributed by atoms with E-state index in [1.165, 1.54) is 5.56 Å². The van der Waals surface area contributed by atoms with E-state index in [1.807, 2.05) is 31.2 Å². The van der Waals surface area contributed by atoms with Crippen LogP contribution >= 0.6 is 0 Å². The Morgan fingerprint density at radius 1 is 1.38 bits per heavy atom. The molecule has 0 aromatic heterocycles. The Labute approximate surface area is 95.8 Å². The maximum absolute atomic E-state index is 10.9. The first kappa shape index (κ1) is 12.5. The first-order valence-electron chi connectivity index (χ1n) is 5.44. The third-order valence-corrected chi connectivity index (χ3v) is 2.16. The Balaban J connectivity index is 2.34. The lowest BCUT2D eigenvalue weighted by molar-refractivity contribution is -0.119. The molecular formula is C12H18N2O2. The van der Waals surface area contributed by atoms with E-state index < -0.39 is 0 Å². The van der Waals surface area contributed by atoms with Gasteiger partial charge in [-0.25, -0.2) is 0 Å². The highest BCUT2D eigenvalue weighted by atomic mass is 16.5. The van der Waals surface area contributed by atoms with E-state index in [2.05, 4.69) is 5.32 Å². The number of nitrogens with two attached hydrogens (primary N) is 1. The molecule has 0 saturated heterocycles. The van der Waals surface area contributed by atoms with Crippen LogP contribution in [0.4, 0.5) is 0 Å². The molecule has 1 amide bonds. The molecule has 0 atom stereocenters. The van der Waals surface area contributed by atoms with Crippen LogP contribution in [0.2, 0.25) is 0 Å². The summed E-state index contributed by atoms with van der Waals surface area (Å²) in [4.78, 5) is 10.9. The highest BCUT2D eigenvalue weighted by molar-refractivity contribution is 5.77. The SMILES string of the molecule is CCOc1ccc(CCNC(=O)CN)cc1. The van der Waals surface area contributed by atoms with Gasteiger partial charge in [0.1, 0.15) is 5.75 Å². The van der Waals surface area contributed by atoms with Crippen LogP contribution in [0.5, 0.6) is 5.75 Å². The molecule has 1 rings (SSSR count). The lowest BCUT2D eigenvalue weighted by Crippen LogP contribution is -2.31. The summed E-state index contributed by atoms with van der Waals surface area (Å²) in [6, 6.07) is 7.87. The van der Waals surface area contributed by atoms with Gasteiger partial charge >= 0.3 is 0 Å². The van der Waals surface area contributed by atoms with Crippen molar-refractivity contribution in [1.82, 2.24) is 5.32 Å². The second-order valence-electron chi connectivity index (χ2n) is 3.38. The van der Waals surface area contributed by atoms with E-state index >= 15 is 0 Å². The predicted octanol–water partition coefficient (Wildman–Crippen LogP) is 0.703. The van der Waals surface area contributed by atoms with E-state index in [4.69, 9.17) is 10.5 Å². The minimum absolute atomic E-state index is 0.0449. The monoisotopic (exact) mass is 222 g/mol. The number of hydrogen-bond donors (Lipinski definition) is 2. The molecule has 0 aliphatic carbocycles. The molecule has 4 nitrogen and oxygen atoms in total. The number of ether oxygens (including phenoxy) is 1. The number of carbonyl (C=O) groups is 1. The van der Waals surface area contributed by atoms with Crippen molar-refractivity contribution in [3.8, 4) is 5.75 Å². The van der Waals surface area contributed by atoms with Crippen LogP contribution in [0.25, 0.3) is 0 Å². The fourth-order valence-electron chi connectivity index (χ4n) is 1.34. The van der Waals surface area contributed by atoms with Gasteiger partial charge in [-0.2, -0.15) is 0 Å². The van der Waals surface area contributed by atoms with Gasteiger partial charge in [-0.05, 0) is 31.0 Å². The zero-order valence-corrected chi connectivity index (χ0v) is 9.53. The van der Waals surface area contributed by atoms with E-state index in [9.17, 15) is 4.79 Å². The third kappa shape index (κ3) is 4.31. The lowest BCUT2D eigenvalue weighted by atomic mass is 10.1. The molecule has 1 aromatic rings. The molecule has 0 spiro atoms. The molecule has 16 heavy (non-hydrogen) atoms. The zero-order valence-electron chi connectivity index (χ0n) is 9.53. The molecule has 0 aliphatic heterocycles. The quantitative estimate of drug-likeness (QED) is 0.744. The van der Waals surface area contributed by atoms with Gasteiger partial charge in [0, 0.05) is 6.54 Å². The second-order valence-corrected chi connectivity index (χ2v) is 3.38. The molecule has 4 heteroatoms. The summed E-state index contributed by atoms with van der Waals surface area (Å²) >= 11 is 0. The lowest BCUT2D eigenvalue weighted by Gasteiger charge is -2.06. The Hall–Kier alpha value is -1.55. The van der Waals surface area contributed by atoms with Crippen molar-refractivity contribution in [2.75, 3.05) is 19.7 Å². The fourth-order valence-corrected chi connectivity index (χ4v) is 1.34. The molecule has 1 aromatic carbocycles. The number of rotatable bonds is 6. The average Bonchev–Trinajstić information content (AvgIpc) is 2.31. The number of carbonyl (C=O) groups excluding carboxylic acids is 1. The zero-order chi connectivity index (χ0) is 11.8. The van der Waals surface area contributed by atoms with Crippen molar-refractivity contribution in [3.05, 3.63) is 29.8 Å². The van der Waals surface area contributed by atoms with Crippen molar-refractivity contribution in [2.24, 2.45) is 5.73 Å². The average molecular weight is 222 g/mol. The highest BCUT2D eigenvalue weighted by Gasteiger charge is 1.98. The van der Waals surface area contributed by atoms with Crippen LogP contribution in [0.1, 0.15) is 12.5 Å². The summed E-state index contributed by atoms with van der Waals surface area (Å²) in [6.45, 7) is 3.29. The van der Waals surface area contributed by atoms with Gasteiger partial charge in [-0.3, -0.25) is 4.79 Å². The Bertz CT molecular complexity index is 322. The first-order chi connectivity index (χ1) is 7.76. The molecule has 0 radical (unpaired) electrons. The van der Waals surface area contributed by atoms with Gasteiger partial charge in [0.15, 0.2) is 0 Å². The first-order valence-corrected chi connectivity index (χ1v) is 5.44. The molecule has 0 fully saturated rings. The van der Waals surface area contributed by atoms with Crippen molar-refractivity contribution < 1.29 is 9.53 Å². The summed E-state index contributed by atoms with van der Waals surface area (Å²) in [6.07, 6.45) is 0.804. The smallest absolute Gasteiger partial charge is 0.233 e. The van der Waals surface area contributed by atoms with Crippen molar-refractivity contribution >= 4 is 5.91 Å². The van der Waals surface area contributed by atoms with Gasteiger partial charge in [-0.15, -0.1) is 0 Å². The van der Waals surface area contributed by atoms with E-state index in [-0.39, 0.29) is 12.5 Å². The Morgan fingerprint density at radius 3 is 2.62 bits per heavy atom. The van der Waals surface area contributed by atoms with Crippen LogP contribution in [0.15, 0.2) is 24.3 Å². The minimum atomic E-state index is -0.120. The van der Waals surface area contributed by atoms with Gasteiger partial charge in [0.25, 0.3) is 0 Å². The van der Waals surface area contributed by atoms with Gasteiger partial charge in [0.2, 0.25) is 5.91 Å². The summed E-state index contributed by atoms with van der Waals surface area (Å²) in [5.74, 6) is 0.753. The second kappa shape index (κ2) is 6.85. The molecular weight excluding hydrogens is 204 g/mol. The maximum Gasteiger partial charge on any atom is 0.233 e. The van der Waals surface area contributed by atoms with Crippen LogP contribution in [-0.2, 0) is 11.2 Å². The largest absolute Gasteiger partial charge is 0.494 e. The normalized spacial score (nSPS) is 9.88. The molecule has 0 bridgehead atoms. The Morgan fingerprint density at radius 2 is 2.06 bits per heavy atom. The Kier molecular flexibility index (Phi) is 5.36. The highest BCUT2D eigenvalue weighted by Crippen LogP contribution is 2.11.